The number of rotatable bonds is 6. The number of anilines is 1. The van der Waals surface area contributed by atoms with Crippen LogP contribution in [0.4, 0.5) is 5.82 Å². The molecule has 0 saturated heterocycles. The molecule has 1 aromatic rings. The van der Waals surface area contributed by atoms with E-state index < -0.39 is 5.97 Å². The van der Waals surface area contributed by atoms with E-state index in [-0.39, 0.29) is 12.5 Å². The van der Waals surface area contributed by atoms with Gasteiger partial charge >= 0.3 is 5.97 Å². The molecule has 94 valence electrons. The maximum Gasteiger partial charge on any atom is 0.303 e. The Balaban J connectivity index is 2.73. The number of carbonyl (C=O) groups is 1. The van der Waals surface area contributed by atoms with Crippen molar-refractivity contribution < 1.29 is 9.90 Å². The van der Waals surface area contributed by atoms with Gasteiger partial charge in [0.2, 0.25) is 0 Å². The van der Waals surface area contributed by atoms with Gasteiger partial charge in [0, 0.05) is 31.4 Å². The van der Waals surface area contributed by atoms with E-state index in [1.807, 2.05) is 6.92 Å². The normalized spacial score (nSPS) is 10.6. The monoisotopic (exact) mass is 237 g/mol. The van der Waals surface area contributed by atoms with Gasteiger partial charge in [-0.05, 0) is 27.2 Å². The predicted octanol–water partition coefficient (Wildman–Crippen LogP) is 1.86. The van der Waals surface area contributed by atoms with Gasteiger partial charge in [-0.25, -0.2) is 4.98 Å². The summed E-state index contributed by atoms with van der Waals surface area (Å²) in [6.45, 7) is 6.72. The van der Waals surface area contributed by atoms with E-state index in [0.717, 1.165) is 11.5 Å². The van der Waals surface area contributed by atoms with Gasteiger partial charge in [0.25, 0.3) is 0 Å². The maximum absolute atomic E-state index is 10.5. The fraction of sp³-hybridized carbons (Fsp3) is 0.583. The third kappa shape index (κ3) is 4.01. The third-order valence-corrected chi connectivity index (χ3v) is 2.54. The van der Waals surface area contributed by atoms with E-state index >= 15 is 0 Å². The zero-order valence-electron chi connectivity index (χ0n) is 10.6. The second-order valence-corrected chi connectivity index (χ2v) is 4.25. The van der Waals surface area contributed by atoms with Crippen molar-refractivity contribution in [3.63, 3.8) is 0 Å². The summed E-state index contributed by atoms with van der Waals surface area (Å²) in [6.07, 6.45) is 4.12. The van der Waals surface area contributed by atoms with Crippen molar-refractivity contribution in [2.24, 2.45) is 0 Å². The van der Waals surface area contributed by atoms with Gasteiger partial charge in [-0.3, -0.25) is 9.78 Å². The van der Waals surface area contributed by atoms with Crippen molar-refractivity contribution >= 4 is 11.8 Å². The first-order valence-electron chi connectivity index (χ1n) is 5.78. The van der Waals surface area contributed by atoms with E-state index in [1.165, 1.54) is 0 Å². The average molecular weight is 237 g/mol. The van der Waals surface area contributed by atoms with Gasteiger partial charge in [-0.1, -0.05) is 0 Å². The number of carboxylic acid groups (broad SMARTS) is 1. The summed E-state index contributed by atoms with van der Waals surface area (Å²) in [5, 5.41) is 8.64. The van der Waals surface area contributed by atoms with Gasteiger partial charge < -0.3 is 10.0 Å². The molecule has 5 heteroatoms. The molecule has 1 rings (SSSR count). The van der Waals surface area contributed by atoms with Crippen LogP contribution in [0.25, 0.3) is 0 Å². The molecule has 0 amide bonds. The Morgan fingerprint density at radius 2 is 2.06 bits per heavy atom. The highest BCUT2D eigenvalue weighted by Crippen LogP contribution is 2.17. The fourth-order valence-corrected chi connectivity index (χ4v) is 1.69. The molecule has 5 nitrogen and oxygen atoms in total. The molecule has 0 spiro atoms. The highest BCUT2D eigenvalue weighted by molar-refractivity contribution is 5.66. The molecule has 0 aliphatic heterocycles. The van der Waals surface area contributed by atoms with E-state index in [2.05, 4.69) is 28.7 Å². The number of hydrogen-bond donors (Lipinski definition) is 1. The first kappa shape index (κ1) is 13.4. The van der Waals surface area contributed by atoms with Crippen LogP contribution in [-0.2, 0) is 4.79 Å². The minimum atomic E-state index is -0.760. The van der Waals surface area contributed by atoms with Gasteiger partial charge in [-0.2, -0.15) is 0 Å². The minimum Gasteiger partial charge on any atom is -0.481 e. The average Bonchev–Trinajstić information content (AvgIpc) is 2.25. The van der Waals surface area contributed by atoms with Crippen LogP contribution in [-0.4, -0.2) is 33.6 Å². The zero-order chi connectivity index (χ0) is 12.8. The van der Waals surface area contributed by atoms with Crippen LogP contribution in [0.3, 0.4) is 0 Å². The van der Waals surface area contributed by atoms with Crippen LogP contribution in [0.15, 0.2) is 12.4 Å². The van der Waals surface area contributed by atoms with Crippen molar-refractivity contribution in [2.75, 3.05) is 11.4 Å². The molecule has 1 aromatic heterocycles. The smallest absolute Gasteiger partial charge is 0.303 e. The number of nitrogens with zero attached hydrogens (tertiary/aromatic N) is 3. The van der Waals surface area contributed by atoms with Crippen molar-refractivity contribution in [3.05, 3.63) is 18.1 Å². The molecular formula is C12H19N3O2. The molecule has 0 aliphatic rings. The Kier molecular flexibility index (Phi) is 4.87. The Labute approximate surface area is 102 Å². The molecule has 1 heterocycles. The largest absolute Gasteiger partial charge is 0.481 e. The van der Waals surface area contributed by atoms with Crippen LogP contribution < -0.4 is 4.90 Å². The molecular weight excluding hydrogens is 218 g/mol. The van der Waals surface area contributed by atoms with Gasteiger partial charge in [-0.15, -0.1) is 0 Å². The first-order chi connectivity index (χ1) is 8.02. The lowest BCUT2D eigenvalue weighted by Gasteiger charge is -2.28. The zero-order valence-corrected chi connectivity index (χ0v) is 10.6. The summed E-state index contributed by atoms with van der Waals surface area (Å²) in [5.41, 5.74) is 0.872. The highest BCUT2D eigenvalue weighted by atomic mass is 16.4. The Hall–Kier alpha value is -1.65. The highest BCUT2D eigenvalue weighted by Gasteiger charge is 2.14. The van der Waals surface area contributed by atoms with Gasteiger partial charge in [0.15, 0.2) is 0 Å². The molecule has 0 radical (unpaired) electrons. The predicted molar refractivity (Wildman–Crippen MR) is 66.1 cm³/mol. The van der Waals surface area contributed by atoms with Crippen molar-refractivity contribution in [3.8, 4) is 0 Å². The summed E-state index contributed by atoms with van der Waals surface area (Å²) in [7, 11) is 0. The molecule has 0 bridgehead atoms. The second-order valence-electron chi connectivity index (χ2n) is 4.25. The standard InChI is InChI=1S/C12H19N3O2/c1-9(2)15(8-4-5-11(16)17)12-10(3)13-6-7-14-12/h6-7,9H,4-5,8H2,1-3H3,(H,16,17). The molecule has 0 atom stereocenters. The SMILES string of the molecule is Cc1nccnc1N(CCCC(=O)O)C(C)C. The number of carboxylic acids is 1. The quantitative estimate of drug-likeness (QED) is 0.818. The van der Waals surface area contributed by atoms with E-state index in [9.17, 15) is 4.79 Å². The molecule has 17 heavy (non-hydrogen) atoms. The molecule has 0 aromatic carbocycles. The summed E-state index contributed by atoms with van der Waals surface area (Å²) < 4.78 is 0. The Morgan fingerprint density at radius 1 is 1.41 bits per heavy atom. The van der Waals surface area contributed by atoms with E-state index in [1.54, 1.807) is 12.4 Å². The third-order valence-electron chi connectivity index (χ3n) is 2.54. The molecule has 0 fully saturated rings. The van der Waals surface area contributed by atoms with Crippen LogP contribution >= 0.6 is 0 Å². The first-order valence-corrected chi connectivity index (χ1v) is 5.78. The maximum atomic E-state index is 10.5. The van der Waals surface area contributed by atoms with Crippen molar-refractivity contribution in [2.45, 2.75) is 39.7 Å². The van der Waals surface area contributed by atoms with Gasteiger partial charge in [0.1, 0.15) is 5.82 Å². The Morgan fingerprint density at radius 3 is 2.59 bits per heavy atom. The number of hydrogen-bond acceptors (Lipinski definition) is 4. The van der Waals surface area contributed by atoms with Crippen LogP contribution in [0, 0.1) is 6.92 Å². The van der Waals surface area contributed by atoms with Crippen LogP contribution in [0.5, 0.6) is 0 Å². The number of aliphatic carboxylic acids is 1. The lowest BCUT2D eigenvalue weighted by molar-refractivity contribution is -0.137. The summed E-state index contributed by atoms with van der Waals surface area (Å²) in [5.74, 6) is 0.0810. The summed E-state index contributed by atoms with van der Waals surface area (Å²) in [6, 6.07) is 0.277. The fourth-order valence-electron chi connectivity index (χ4n) is 1.69. The van der Waals surface area contributed by atoms with Crippen molar-refractivity contribution in [1.82, 2.24) is 9.97 Å². The van der Waals surface area contributed by atoms with E-state index in [0.29, 0.717) is 13.0 Å². The second kappa shape index (κ2) is 6.18. The minimum absolute atomic E-state index is 0.183. The lowest BCUT2D eigenvalue weighted by atomic mass is 10.2. The molecule has 0 unspecified atom stereocenters. The number of aromatic nitrogens is 2. The summed E-state index contributed by atoms with van der Waals surface area (Å²) in [4.78, 5) is 21.1. The molecule has 1 N–H and O–H groups in total. The Bertz CT molecular complexity index is 380. The van der Waals surface area contributed by atoms with Crippen LogP contribution in [0.2, 0.25) is 0 Å². The topological polar surface area (TPSA) is 66.3 Å². The van der Waals surface area contributed by atoms with Crippen LogP contribution in [0.1, 0.15) is 32.4 Å². The molecule has 0 saturated carbocycles. The van der Waals surface area contributed by atoms with Crippen molar-refractivity contribution in [1.29, 1.82) is 0 Å². The number of aryl methyl sites for hydroxylation is 1. The summed E-state index contributed by atoms with van der Waals surface area (Å²) >= 11 is 0. The molecule has 0 aliphatic carbocycles. The van der Waals surface area contributed by atoms with E-state index in [4.69, 9.17) is 5.11 Å². The lowest BCUT2D eigenvalue weighted by Crippen LogP contribution is -2.33. The van der Waals surface area contributed by atoms with Gasteiger partial charge in [0.05, 0.1) is 5.69 Å².